The molecule has 1 atom stereocenters. The summed E-state index contributed by atoms with van der Waals surface area (Å²) in [5.41, 5.74) is -1.16. The van der Waals surface area contributed by atoms with Gasteiger partial charge in [0.05, 0.1) is 12.2 Å². The predicted molar refractivity (Wildman–Crippen MR) is 102 cm³/mol. The van der Waals surface area contributed by atoms with Crippen LogP contribution >= 0.6 is 0 Å². The number of alkyl halides is 1. The van der Waals surface area contributed by atoms with E-state index in [1.165, 1.54) is 16.8 Å². The van der Waals surface area contributed by atoms with Gasteiger partial charge in [-0.2, -0.15) is 5.10 Å². The Labute approximate surface area is 165 Å². The molecule has 1 aliphatic heterocycles. The van der Waals surface area contributed by atoms with E-state index in [0.717, 1.165) is 32.4 Å². The Balaban J connectivity index is 1.69. The fourth-order valence-electron chi connectivity index (χ4n) is 3.51. The third-order valence-corrected chi connectivity index (χ3v) is 5.01. The van der Waals surface area contributed by atoms with Gasteiger partial charge in [-0.1, -0.05) is 0 Å². The molecule has 0 saturated carbocycles. The zero-order valence-corrected chi connectivity index (χ0v) is 16.0. The summed E-state index contributed by atoms with van der Waals surface area (Å²) in [6, 6.07) is 4.80. The number of amides is 1. The second-order valence-corrected chi connectivity index (χ2v) is 7.56. The number of rotatable bonds is 4. The van der Waals surface area contributed by atoms with Gasteiger partial charge in [0.1, 0.15) is 23.1 Å². The molecule has 0 radical (unpaired) electrons. The molecule has 1 aromatic carbocycles. The summed E-state index contributed by atoms with van der Waals surface area (Å²) in [5, 5.41) is 6.61. The van der Waals surface area contributed by atoms with Gasteiger partial charge in [-0.05, 0) is 51.0 Å². The summed E-state index contributed by atoms with van der Waals surface area (Å²) in [6.07, 6.45) is 4.51. The number of aromatic nitrogens is 3. The lowest BCUT2D eigenvalue weighted by Gasteiger charge is -2.26. The minimum atomic E-state index is -2.05. The summed E-state index contributed by atoms with van der Waals surface area (Å²) in [7, 11) is 0. The van der Waals surface area contributed by atoms with Crippen LogP contribution in [-0.4, -0.2) is 32.7 Å². The van der Waals surface area contributed by atoms with Crippen molar-refractivity contribution in [1.82, 2.24) is 14.6 Å². The number of anilines is 2. The highest BCUT2D eigenvalue weighted by atomic mass is 19.1. The lowest BCUT2D eigenvalue weighted by Crippen LogP contribution is -2.32. The van der Waals surface area contributed by atoms with Crippen LogP contribution in [0.1, 0.15) is 38.3 Å². The average molecular weight is 403 g/mol. The van der Waals surface area contributed by atoms with Gasteiger partial charge in [0, 0.05) is 18.3 Å². The maximum absolute atomic E-state index is 14.3. The van der Waals surface area contributed by atoms with Crippen LogP contribution < -0.4 is 10.2 Å². The molecule has 2 aromatic heterocycles. The fourth-order valence-corrected chi connectivity index (χ4v) is 3.51. The summed E-state index contributed by atoms with van der Waals surface area (Å²) < 4.78 is 43.3. The van der Waals surface area contributed by atoms with E-state index in [9.17, 15) is 18.0 Å². The molecule has 1 fully saturated rings. The van der Waals surface area contributed by atoms with Crippen molar-refractivity contribution >= 4 is 23.1 Å². The number of benzene rings is 1. The van der Waals surface area contributed by atoms with E-state index < -0.39 is 23.2 Å². The molecule has 152 valence electrons. The standard InChI is InChI=1S/C20H20F3N5O/c1-20(2,23)19(29)25-15-11-24-28-9-7-17(26-18(15)28)27-8-3-4-16(27)13-10-12(21)5-6-14(13)22/h5-7,9-11,16H,3-4,8H2,1-2H3,(H,25,29). The van der Waals surface area contributed by atoms with Crippen molar-refractivity contribution in [2.75, 3.05) is 16.8 Å². The molecule has 9 heteroatoms. The van der Waals surface area contributed by atoms with Crippen LogP contribution in [0.2, 0.25) is 0 Å². The molecule has 1 unspecified atom stereocenters. The molecule has 1 saturated heterocycles. The smallest absolute Gasteiger partial charge is 0.261 e. The van der Waals surface area contributed by atoms with Gasteiger partial charge in [-0.15, -0.1) is 0 Å². The first-order valence-electron chi connectivity index (χ1n) is 9.30. The quantitative estimate of drug-likeness (QED) is 0.714. The largest absolute Gasteiger partial charge is 0.349 e. The maximum atomic E-state index is 14.3. The Morgan fingerprint density at radius 3 is 2.83 bits per heavy atom. The zero-order valence-electron chi connectivity index (χ0n) is 16.0. The van der Waals surface area contributed by atoms with Gasteiger partial charge in [-0.25, -0.2) is 22.7 Å². The second-order valence-electron chi connectivity index (χ2n) is 7.56. The van der Waals surface area contributed by atoms with Crippen LogP contribution in [-0.2, 0) is 4.79 Å². The Kier molecular flexibility index (Phi) is 4.68. The minimum Gasteiger partial charge on any atom is -0.349 e. The Morgan fingerprint density at radius 2 is 2.07 bits per heavy atom. The van der Waals surface area contributed by atoms with E-state index in [1.807, 2.05) is 4.90 Å². The lowest BCUT2D eigenvalue weighted by molar-refractivity contribution is -0.125. The van der Waals surface area contributed by atoms with Gasteiger partial charge in [0.15, 0.2) is 11.3 Å². The first kappa shape index (κ1) is 19.2. The van der Waals surface area contributed by atoms with E-state index in [1.54, 1.807) is 12.3 Å². The highest BCUT2D eigenvalue weighted by Crippen LogP contribution is 2.37. The number of nitrogens with zero attached hydrogens (tertiary/aromatic N) is 4. The van der Waals surface area contributed by atoms with E-state index in [2.05, 4.69) is 15.4 Å². The van der Waals surface area contributed by atoms with E-state index in [4.69, 9.17) is 0 Å². The van der Waals surface area contributed by atoms with Gasteiger partial charge >= 0.3 is 0 Å². The third-order valence-electron chi connectivity index (χ3n) is 5.01. The first-order chi connectivity index (χ1) is 13.7. The van der Waals surface area contributed by atoms with Gasteiger partial charge in [-0.3, -0.25) is 4.79 Å². The summed E-state index contributed by atoms with van der Waals surface area (Å²) in [6.45, 7) is 2.95. The summed E-state index contributed by atoms with van der Waals surface area (Å²) in [5.74, 6) is -1.22. The van der Waals surface area contributed by atoms with Crippen molar-refractivity contribution in [3.05, 3.63) is 53.9 Å². The first-order valence-corrected chi connectivity index (χ1v) is 9.30. The number of fused-ring (bicyclic) bond motifs is 1. The highest BCUT2D eigenvalue weighted by molar-refractivity contribution is 5.99. The molecule has 0 bridgehead atoms. The molecule has 3 heterocycles. The van der Waals surface area contributed by atoms with Crippen LogP contribution in [0.3, 0.4) is 0 Å². The molecular weight excluding hydrogens is 383 g/mol. The predicted octanol–water partition coefficient (Wildman–Crippen LogP) is 4.04. The van der Waals surface area contributed by atoms with Gasteiger partial charge in [0.25, 0.3) is 5.91 Å². The monoisotopic (exact) mass is 403 g/mol. The van der Waals surface area contributed by atoms with Crippen molar-refractivity contribution in [3.63, 3.8) is 0 Å². The van der Waals surface area contributed by atoms with Crippen molar-refractivity contribution in [3.8, 4) is 0 Å². The molecule has 4 rings (SSSR count). The second kappa shape index (κ2) is 7.06. The van der Waals surface area contributed by atoms with Crippen LogP contribution in [0.15, 0.2) is 36.7 Å². The van der Waals surface area contributed by atoms with Crippen LogP contribution in [0, 0.1) is 11.6 Å². The van der Waals surface area contributed by atoms with Crippen molar-refractivity contribution in [2.45, 2.75) is 38.4 Å². The minimum absolute atomic E-state index is 0.273. The molecule has 1 N–H and O–H groups in total. The Morgan fingerprint density at radius 1 is 1.28 bits per heavy atom. The van der Waals surface area contributed by atoms with Crippen molar-refractivity contribution in [2.24, 2.45) is 0 Å². The Hall–Kier alpha value is -3.10. The van der Waals surface area contributed by atoms with Crippen molar-refractivity contribution < 1.29 is 18.0 Å². The number of halogens is 3. The lowest BCUT2D eigenvalue weighted by atomic mass is 10.0. The van der Waals surface area contributed by atoms with Crippen LogP contribution in [0.5, 0.6) is 0 Å². The molecule has 1 aliphatic rings. The average Bonchev–Trinajstić information content (AvgIpc) is 3.30. The van der Waals surface area contributed by atoms with Crippen LogP contribution in [0.4, 0.5) is 24.7 Å². The number of carbonyl (C=O) groups is 1. The summed E-state index contributed by atoms with van der Waals surface area (Å²) in [4.78, 5) is 18.4. The third kappa shape index (κ3) is 3.64. The van der Waals surface area contributed by atoms with Gasteiger partial charge in [0.2, 0.25) is 0 Å². The molecule has 0 aliphatic carbocycles. The molecule has 6 nitrogen and oxygen atoms in total. The fraction of sp³-hybridized carbons (Fsp3) is 0.350. The number of hydrogen-bond donors (Lipinski definition) is 1. The van der Waals surface area contributed by atoms with E-state index in [-0.39, 0.29) is 17.3 Å². The van der Waals surface area contributed by atoms with E-state index in [0.29, 0.717) is 24.4 Å². The Bertz CT molecular complexity index is 1080. The van der Waals surface area contributed by atoms with Crippen LogP contribution in [0.25, 0.3) is 5.65 Å². The van der Waals surface area contributed by atoms with E-state index >= 15 is 0 Å². The molecule has 3 aromatic rings. The van der Waals surface area contributed by atoms with Gasteiger partial charge < -0.3 is 10.2 Å². The number of carbonyl (C=O) groups excluding carboxylic acids is 1. The molecule has 1 amide bonds. The number of nitrogens with one attached hydrogen (secondary N) is 1. The zero-order chi connectivity index (χ0) is 20.8. The van der Waals surface area contributed by atoms with Crippen molar-refractivity contribution in [1.29, 1.82) is 0 Å². The maximum Gasteiger partial charge on any atom is 0.261 e. The normalized spacial score (nSPS) is 17.1. The molecule has 29 heavy (non-hydrogen) atoms. The number of hydrogen-bond acceptors (Lipinski definition) is 4. The summed E-state index contributed by atoms with van der Waals surface area (Å²) >= 11 is 0. The SMILES string of the molecule is CC(C)(F)C(=O)Nc1cnn2ccc(N3CCCC3c3cc(F)ccc3F)nc12. The topological polar surface area (TPSA) is 62.5 Å². The molecule has 0 spiro atoms. The highest BCUT2D eigenvalue weighted by Gasteiger charge is 2.31. The molecular formula is C20H20F3N5O.